The van der Waals surface area contributed by atoms with Crippen molar-refractivity contribution in [3.05, 3.63) is 65.6 Å². The number of hydrogen-bond acceptors (Lipinski definition) is 21. The van der Waals surface area contributed by atoms with E-state index in [-0.39, 0.29) is 55.4 Å². The van der Waals surface area contributed by atoms with E-state index in [0.717, 1.165) is 43.9 Å². The number of alkyl carbamates (subject to hydrolysis) is 1. The molecule has 2 bridgehead atoms. The van der Waals surface area contributed by atoms with Crippen LogP contribution in [0.5, 0.6) is 0 Å². The van der Waals surface area contributed by atoms with E-state index < -0.39 is 96.2 Å². The zero-order valence-electron chi connectivity index (χ0n) is 57.7. The summed E-state index contributed by atoms with van der Waals surface area (Å²) in [4.78, 5) is 86.3. The first-order valence-corrected chi connectivity index (χ1v) is 34.1. The van der Waals surface area contributed by atoms with Crippen LogP contribution in [0.15, 0.2) is 60.0 Å². The van der Waals surface area contributed by atoms with Gasteiger partial charge in [0.2, 0.25) is 11.7 Å². The molecular weight excluding hydrogens is 1200 g/mol. The molecular formula is C70H112N6O17. The van der Waals surface area contributed by atoms with Crippen LogP contribution in [-0.2, 0) is 73.1 Å². The smallest absolute Gasteiger partial charge is 0.407 e. The molecule has 3 saturated heterocycles. The summed E-state index contributed by atoms with van der Waals surface area (Å²) in [5, 5.41) is 26.8. The number of cyclic esters (lactones) is 1. The maximum atomic E-state index is 14.9. The number of aliphatic hydroxyl groups is 2. The normalized spacial score (nSPS) is 33.7. The molecule has 5 aliphatic rings. The first-order chi connectivity index (χ1) is 44.6. The molecule has 23 heteroatoms. The molecule has 6 rings (SSSR count). The number of anilines is 1. The quantitative estimate of drug-likeness (QED) is 0.0464. The molecule has 16 atom stereocenters. The first kappa shape index (κ1) is 77.0. The van der Waals surface area contributed by atoms with Gasteiger partial charge in [0.25, 0.3) is 11.7 Å². The van der Waals surface area contributed by atoms with Gasteiger partial charge in [0.15, 0.2) is 5.78 Å². The van der Waals surface area contributed by atoms with Gasteiger partial charge < -0.3 is 72.7 Å². The van der Waals surface area contributed by atoms with Crippen molar-refractivity contribution in [2.45, 2.75) is 200 Å². The van der Waals surface area contributed by atoms with Crippen molar-refractivity contribution in [3.63, 3.8) is 0 Å². The van der Waals surface area contributed by atoms with Crippen LogP contribution in [0.25, 0.3) is 0 Å². The third-order valence-corrected chi connectivity index (χ3v) is 19.5. The fourth-order valence-corrected chi connectivity index (χ4v) is 13.6. The highest BCUT2D eigenvalue weighted by atomic mass is 16.6. The second kappa shape index (κ2) is 39.2. The number of amides is 2. The highest BCUT2D eigenvalue weighted by molar-refractivity contribution is 6.39. The molecule has 3 N–H and O–H groups in total. The molecule has 1 aromatic heterocycles. The van der Waals surface area contributed by atoms with Crippen LogP contribution in [0.3, 0.4) is 0 Å². The summed E-state index contributed by atoms with van der Waals surface area (Å²) >= 11 is 0. The van der Waals surface area contributed by atoms with E-state index in [9.17, 15) is 34.2 Å². The number of piperazine rings is 1. The largest absolute Gasteiger partial charge is 0.460 e. The van der Waals surface area contributed by atoms with E-state index in [0.29, 0.717) is 115 Å². The molecule has 4 fully saturated rings. The number of aliphatic hydroxyl groups excluding tert-OH is 1. The van der Waals surface area contributed by atoms with Crippen LogP contribution in [0.1, 0.15) is 138 Å². The number of esters is 1. The maximum Gasteiger partial charge on any atom is 0.407 e. The topological polar surface area (TPSA) is 266 Å². The number of fused-ring (bicyclic) bond motifs is 3. The Balaban J connectivity index is 1.12. The Bertz CT molecular complexity index is 2600. The Morgan fingerprint density at radius 3 is 2.14 bits per heavy atom. The van der Waals surface area contributed by atoms with Gasteiger partial charge >= 0.3 is 12.1 Å². The van der Waals surface area contributed by atoms with Gasteiger partial charge in [0.05, 0.1) is 57.5 Å². The number of allylic oxidation sites excluding steroid dienone is 5. The zero-order chi connectivity index (χ0) is 67.6. The fourth-order valence-electron chi connectivity index (χ4n) is 13.6. The predicted molar refractivity (Wildman–Crippen MR) is 351 cm³/mol. The number of rotatable bonds is 21. The van der Waals surface area contributed by atoms with Gasteiger partial charge in [-0.1, -0.05) is 71.1 Å². The second-order valence-electron chi connectivity index (χ2n) is 26.4. The number of aromatic nitrogens is 2. The van der Waals surface area contributed by atoms with E-state index in [4.69, 9.17) is 47.4 Å². The van der Waals surface area contributed by atoms with Crippen molar-refractivity contribution in [1.82, 2.24) is 25.1 Å². The minimum Gasteiger partial charge on any atom is -0.460 e. The summed E-state index contributed by atoms with van der Waals surface area (Å²) in [5.74, 6) is -6.58. The fraction of sp³-hybridized carbons (Fsp3) is 0.757. The predicted octanol–water partition coefficient (Wildman–Crippen LogP) is 7.54. The average Bonchev–Trinajstić information content (AvgIpc) is 0.784. The van der Waals surface area contributed by atoms with Gasteiger partial charge in [-0.2, -0.15) is 0 Å². The van der Waals surface area contributed by atoms with E-state index in [1.807, 2.05) is 78.0 Å². The number of piperidine rings is 1. The minimum absolute atomic E-state index is 0.0195. The molecule has 23 nitrogen and oxygen atoms in total. The third kappa shape index (κ3) is 23.1. The number of nitrogens with zero attached hydrogens (tertiary/aromatic N) is 5. The standard InChI is InChI=1S/C70H112N6O17/c1-13-88-33-34-90-36-35-89-32-31-74-27-29-75(30-28-74)68-71-43-54(44-72-68)45-73-69(82)92-57-25-23-53(40-61(57)86-11)39-49(5)60-42-59(85-10)48(4)38-51(7)63(78)64(87-12)62(77)50(6)37-46(2)19-15-14-16-20-47(3)58(84-9)41-55-24-22-52(8)70(83,93-55)65(79)66(80)76-26-18-17-21-56(76)67(81)91-60/h14-16,19-20,38,43-44,46,48-50,52-53,55-61,63-64,78,83H,13,17-18,21-37,39-42,45H2,1-12H3,(H,73,82)/b16-14+,19-15+,47-20+,51-38+/t46-,48-,49-,50-,52-,53+,55+,56+,57-,58+,59-,60+,61-,63-,64+,70-/m1/s1. The number of methoxy groups -OCH3 is 4. The zero-order valence-corrected chi connectivity index (χ0v) is 57.7. The molecule has 4 aliphatic heterocycles. The molecule has 524 valence electrons. The number of carbonyl (C=O) groups excluding carboxylic acids is 5. The Hall–Kier alpha value is -5.05. The molecule has 0 aromatic carbocycles. The van der Waals surface area contributed by atoms with Crippen molar-refractivity contribution in [1.29, 1.82) is 0 Å². The number of carbonyl (C=O) groups is 5. The summed E-state index contributed by atoms with van der Waals surface area (Å²) in [7, 11) is 6.18. The third-order valence-electron chi connectivity index (χ3n) is 19.5. The molecule has 1 aliphatic carbocycles. The van der Waals surface area contributed by atoms with Gasteiger partial charge in [-0.3, -0.25) is 19.3 Å². The highest BCUT2D eigenvalue weighted by Gasteiger charge is 2.53. The maximum absolute atomic E-state index is 14.9. The lowest BCUT2D eigenvalue weighted by molar-refractivity contribution is -0.265. The van der Waals surface area contributed by atoms with E-state index >= 15 is 0 Å². The monoisotopic (exact) mass is 1310 g/mol. The number of ether oxygens (including phenoxy) is 10. The SMILES string of the molecule is CCOCCOCCOCCN1CCN(c2ncc(CNC(=O)O[C@@H]3CC[C@@H](C[C@@H](C)[C@@H]4C[C@@H](OC)[C@H](C)/C=C(\C)[C@@H](O)[C@@H](OC)C(=O)[C@H](C)C[C@H](C)/C=C/C=C/C=C(\C)[C@@H](OC)C[C@@H]5CC[C@@H](C)[C@@](O)(O5)C(=O)C(=O)N5CCCC[C@H]5C(=O)O4)C[C@H]3OC)cn2)CC1. The van der Waals surface area contributed by atoms with Crippen molar-refractivity contribution in [2.75, 3.05) is 112 Å². The van der Waals surface area contributed by atoms with Crippen molar-refractivity contribution < 1.29 is 81.6 Å². The van der Waals surface area contributed by atoms with E-state index in [1.165, 1.54) is 12.0 Å². The van der Waals surface area contributed by atoms with Crippen LogP contribution in [0.2, 0.25) is 0 Å². The lowest BCUT2D eigenvalue weighted by atomic mass is 9.78. The van der Waals surface area contributed by atoms with Crippen LogP contribution >= 0.6 is 0 Å². The Labute approximate surface area is 553 Å². The molecule has 5 heterocycles. The van der Waals surface area contributed by atoms with Gasteiger partial charge in [-0.05, 0) is 114 Å². The molecule has 0 radical (unpaired) electrons. The lowest BCUT2D eigenvalue weighted by Gasteiger charge is -2.43. The molecule has 0 unspecified atom stereocenters. The Kier molecular flexibility index (Phi) is 32.5. The van der Waals surface area contributed by atoms with Gasteiger partial charge in [-0.25, -0.2) is 19.6 Å². The summed E-state index contributed by atoms with van der Waals surface area (Å²) in [6, 6.07) is -1.13. The lowest BCUT2D eigenvalue weighted by Crippen LogP contribution is -2.61. The van der Waals surface area contributed by atoms with Gasteiger partial charge in [0.1, 0.15) is 30.5 Å². The second-order valence-corrected chi connectivity index (χ2v) is 26.4. The number of hydrogen-bond donors (Lipinski definition) is 3. The van der Waals surface area contributed by atoms with Crippen LogP contribution in [-0.4, -0.2) is 228 Å². The summed E-state index contributed by atoms with van der Waals surface area (Å²) in [5.41, 5.74) is 2.11. The van der Waals surface area contributed by atoms with E-state index in [1.54, 1.807) is 47.6 Å². The molecule has 0 spiro atoms. The summed E-state index contributed by atoms with van der Waals surface area (Å²) in [6.07, 6.45) is 14.3. The first-order valence-electron chi connectivity index (χ1n) is 34.1. The minimum atomic E-state index is -2.44. The van der Waals surface area contributed by atoms with Crippen molar-refractivity contribution in [3.8, 4) is 0 Å². The molecule has 93 heavy (non-hydrogen) atoms. The van der Waals surface area contributed by atoms with Crippen LogP contribution < -0.4 is 10.2 Å². The van der Waals surface area contributed by atoms with Crippen LogP contribution in [0, 0.1) is 35.5 Å². The Morgan fingerprint density at radius 2 is 1.46 bits per heavy atom. The van der Waals surface area contributed by atoms with Crippen LogP contribution in [0.4, 0.5) is 10.7 Å². The van der Waals surface area contributed by atoms with E-state index in [2.05, 4.69) is 25.1 Å². The molecule has 2 amide bonds. The number of ketones is 2. The summed E-state index contributed by atoms with van der Waals surface area (Å²) in [6.45, 7) is 23.1. The molecule has 1 aromatic rings. The number of nitrogens with one attached hydrogen (secondary N) is 1. The summed E-state index contributed by atoms with van der Waals surface area (Å²) < 4.78 is 59.2. The van der Waals surface area contributed by atoms with Crippen molar-refractivity contribution >= 4 is 35.5 Å². The number of Topliss-reactive ketones (excluding diaryl/α,β-unsaturated/α-hetero) is 2. The highest BCUT2D eigenvalue weighted by Crippen LogP contribution is 2.39. The van der Waals surface area contributed by atoms with Gasteiger partial charge in [0, 0.05) is 129 Å². The van der Waals surface area contributed by atoms with Gasteiger partial charge in [-0.15, -0.1) is 0 Å². The Morgan fingerprint density at radius 1 is 0.763 bits per heavy atom. The molecule has 1 saturated carbocycles. The average molecular weight is 1310 g/mol. The van der Waals surface area contributed by atoms with Crippen molar-refractivity contribution in [2.24, 2.45) is 35.5 Å².